The highest BCUT2D eigenvalue weighted by atomic mass is 16.2. The van der Waals surface area contributed by atoms with E-state index in [0.717, 1.165) is 11.1 Å². The Morgan fingerprint density at radius 3 is 1.71 bits per heavy atom. The fourth-order valence-electron chi connectivity index (χ4n) is 2.25. The summed E-state index contributed by atoms with van der Waals surface area (Å²) in [4.78, 5) is 22.4. The second-order valence-corrected chi connectivity index (χ2v) is 5.93. The van der Waals surface area contributed by atoms with Gasteiger partial charge in [-0.05, 0) is 25.0 Å². The van der Waals surface area contributed by atoms with Gasteiger partial charge in [-0.1, -0.05) is 24.3 Å². The van der Waals surface area contributed by atoms with Gasteiger partial charge in [0.05, 0.1) is 0 Å². The molecule has 2 unspecified atom stereocenters. The molecule has 0 fully saturated rings. The fourth-order valence-corrected chi connectivity index (χ4v) is 2.25. The van der Waals surface area contributed by atoms with Crippen molar-refractivity contribution in [1.29, 1.82) is 0 Å². The lowest BCUT2D eigenvalue weighted by Gasteiger charge is -2.15. The second kappa shape index (κ2) is 10.7. The molecule has 0 aromatic heterocycles. The van der Waals surface area contributed by atoms with Crippen LogP contribution in [0.1, 0.15) is 37.8 Å². The Labute approximate surface area is 142 Å². The molecule has 1 aromatic carbocycles. The summed E-state index contributed by atoms with van der Waals surface area (Å²) in [6.07, 6.45) is 0.664. The summed E-state index contributed by atoms with van der Waals surface area (Å²) in [5.74, 6) is 9.77. The zero-order valence-electron chi connectivity index (χ0n) is 14.3. The summed E-state index contributed by atoms with van der Waals surface area (Å²) < 4.78 is 0. The molecule has 0 aliphatic rings. The molecule has 0 saturated carbocycles. The molecule has 0 aliphatic carbocycles. The first-order valence-electron chi connectivity index (χ1n) is 7.98. The van der Waals surface area contributed by atoms with E-state index in [0.29, 0.717) is 25.9 Å². The van der Waals surface area contributed by atoms with E-state index in [1.807, 2.05) is 32.0 Å². The summed E-state index contributed by atoms with van der Waals surface area (Å²) in [6.45, 7) is 5.20. The zero-order valence-corrected chi connectivity index (χ0v) is 14.3. The number of rotatable bonds is 10. The van der Waals surface area contributed by atoms with Crippen LogP contribution in [-0.4, -0.2) is 23.9 Å². The molecule has 8 nitrogen and oxygen atoms in total. The molecule has 0 spiro atoms. The lowest BCUT2D eigenvalue weighted by Crippen LogP contribution is -2.37. The van der Waals surface area contributed by atoms with Gasteiger partial charge in [0.15, 0.2) is 0 Å². The van der Waals surface area contributed by atoms with E-state index in [2.05, 4.69) is 27.6 Å². The minimum Gasteiger partial charge on any atom is -0.310 e. The normalized spacial score (nSPS) is 13.2. The van der Waals surface area contributed by atoms with Crippen LogP contribution in [0.5, 0.6) is 0 Å². The number of nitrogens with two attached hydrogens (primary N) is 2. The summed E-state index contributed by atoms with van der Waals surface area (Å²) in [7, 11) is 0. The van der Waals surface area contributed by atoms with Gasteiger partial charge >= 0.3 is 0 Å². The van der Waals surface area contributed by atoms with Gasteiger partial charge in [-0.15, -0.1) is 0 Å². The van der Waals surface area contributed by atoms with Gasteiger partial charge in [0, 0.05) is 38.0 Å². The predicted octanol–water partition coefficient (Wildman–Crippen LogP) is -0.597. The molecule has 2 atom stereocenters. The van der Waals surface area contributed by atoms with Gasteiger partial charge in [-0.25, -0.2) is 11.7 Å². The van der Waals surface area contributed by atoms with Crippen molar-refractivity contribution >= 4 is 11.8 Å². The summed E-state index contributed by atoms with van der Waals surface area (Å²) in [5.41, 5.74) is 6.50. The van der Waals surface area contributed by atoms with E-state index >= 15 is 0 Å². The monoisotopic (exact) mass is 336 g/mol. The molecule has 134 valence electrons. The van der Waals surface area contributed by atoms with Gasteiger partial charge < -0.3 is 10.6 Å². The van der Waals surface area contributed by atoms with Crippen LogP contribution in [0.15, 0.2) is 24.3 Å². The zero-order chi connectivity index (χ0) is 17.9. The molecule has 1 rings (SSSR count). The lowest BCUT2D eigenvalue weighted by molar-refractivity contribution is -0.122. The van der Waals surface area contributed by atoms with Crippen LogP contribution in [0.3, 0.4) is 0 Å². The first kappa shape index (κ1) is 20.0. The van der Waals surface area contributed by atoms with E-state index in [4.69, 9.17) is 11.7 Å². The average Bonchev–Trinajstić information content (AvgIpc) is 2.58. The van der Waals surface area contributed by atoms with Crippen molar-refractivity contribution in [3.63, 3.8) is 0 Å². The van der Waals surface area contributed by atoms with Crippen LogP contribution in [0, 0.1) is 0 Å². The number of hydrazine groups is 2. The van der Waals surface area contributed by atoms with Crippen LogP contribution in [-0.2, 0) is 22.7 Å². The molecule has 0 bridgehead atoms. The minimum atomic E-state index is -0.191. The van der Waals surface area contributed by atoms with Crippen molar-refractivity contribution in [3.05, 3.63) is 35.4 Å². The van der Waals surface area contributed by atoms with Crippen LogP contribution in [0.25, 0.3) is 0 Å². The number of carbonyl (C=O) groups is 2. The van der Waals surface area contributed by atoms with Crippen molar-refractivity contribution in [1.82, 2.24) is 21.5 Å². The minimum absolute atomic E-state index is 0.0325. The molecular weight excluding hydrogens is 308 g/mol. The van der Waals surface area contributed by atoms with E-state index < -0.39 is 0 Å². The standard InChI is InChI=1S/C16H28N6O2/c1-11(6-15(23)21-17)19-9-13-4-3-5-14(8-13)10-20-12(2)7-16(24)22-18/h3-5,8,11-12,19-20H,6-7,9-10,17-18H2,1-2H3,(H,21,23)(H,22,24). The topological polar surface area (TPSA) is 134 Å². The SMILES string of the molecule is CC(CC(=O)NN)NCc1cccc(CNC(C)CC(=O)NN)c1. The molecule has 1 aromatic rings. The number of amides is 2. The first-order chi connectivity index (χ1) is 11.4. The molecule has 2 amide bonds. The second-order valence-electron chi connectivity index (χ2n) is 5.93. The van der Waals surface area contributed by atoms with E-state index in [-0.39, 0.29) is 23.9 Å². The average molecular weight is 336 g/mol. The maximum atomic E-state index is 11.2. The third kappa shape index (κ3) is 8.02. The first-order valence-corrected chi connectivity index (χ1v) is 7.98. The van der Waals surface area contributed by atoms with Crippen molar-refractivity contribution in [3.8, 4) is 0 Å². The Hall–Kier alpha value is -2.00. The molecule has 24 heavy (non-hydrogen) atoms. The third-order valence-electron chi connectivity index (χ3n) is 3.61. The van der Waals surface area contributed by atoms with Gasteiger partial charge in [0.25, 0.3) is 0 Å². The highest BCUT2D eigenvalue weighted by Crippen LogP contribution is 2.07. The van der Waals surface area contributed by atoms with Crippen LogP contribution < -0.4 is 33.2 Å². The lowest BCUT2D eigenvalue weighted by atomic mass is 10.1. The Bertz CT molecular complexity index is 494. The quantitative estimate of drug-likeness (QED) is 0.192. The van der Waals surface area contributed by atoms with Crippen molar-refractivity contribution in [2.45, 2.75) is 51.9 Å². The highest BCUT2D eigenvalue weighted by molar-refractivity contribution is 5.76. The summed E-state index contributed by atoms with van der Waals surface area (Å²) in [6, 6.07) is 8.19. The van der Waals surface area contributed by atoms with Gasteiger partial charge in [-0.2, -0.15) is 0 Å². The van der Waals surface area contributed by atoms with Gasteiger partial charge in [0.1, 0.15) is 0 Å². The van der Waals surface area contributed by atoms with E-state index in [9.17, 15) is 9.59 Å². The molecule has 0 heterocycles. The smallest absolute Gasteiger partial charge is 0.235 e. The number of carbonyl (C=O) groups excluding carboxylic acids is 2. The fraction of sp³-hybridized carbons (Fsp3) is 0.500. The maximum absolute atomic E-state index is 11.2. The van der Waals surface area contributed by atoms with Crippen molar-refractivity contribution < 1.29 is 9.59 Å². The molecule has 0 saturated heterocycles. The third-order valence-corrected chi connectivity index (χ3v) is 3.61. The van der Waals surface area contributed by atoms with Crippen LogP contribution in [0.4, 0.5) is 0 Å². The highest BCUT2D eigenvalue weighted by Gasteiger charge is 2.09. The Morgan fingerprint density at radius 2 is 1.33 bits per heavy atom. The molecule has 0 radical (unpaired) electrons. The predicted molar refractivity (Wildman–Crippen MR) is 92.9 cm³/mol. The number of benzene rings is 1. The Kier molecular flexibility index (Phi) is 8.95. The van der Waals surface area contributed by atoms with Gasteiger partial charge in [0.2, 0.25) is 11.8 Å². The van der Waals surface area contributed by atoms with E-state index in [1.54, 1.807) is 0 Å². The number of nitrogens with one attached hydrogen (secondary N) is 4. The summed E-state index contributed by atoms with van der Waals surface area (Å²) in [5, 5.41) is 6.57. The van der Waals surface area contributed by atoms with Crippen molar-refractivity contribution in [2.75, 3.05) is 0 Å². The Morgan fingerprint density at radius 1 is 0.917 bits per heavy atom. The summed E-state index contributed by atoms with van der Waals surface area (Å²) >= 11 is 0. The van der Waals surface area contributed by atoms with Gasteiger partial charge in [-0.3, -0.25) is 20.4 Å². The number of hydrogen-bond donors (Lipinski definition) is 6. The van der Waals surface area contributed by atoms with E-state index in [1.165, 1.54) is 0 Å². The maximum Gasteiger partial charge on any atom is 0.235 e. The molecule has 8 N–H and O–H groups in total. The number of hydrogen-bond acceptors (Lipinski definition) is 6. The van der Waals surface area contributed by atoms with Crippen LogP contribution in [0.2, 0.25) is 0 Å². The molecule has 8 heteroatoms. The molecular formula is C16H28N6O2. The van der Waals surface area contributed by atoms with Crippen molar-refractivity contribution in [2.24, 2.45) is 11.7 Å². The van der Waals surface area contributed by atoms with Crippen LogP contribution >= 0.6 is 0 Å². The molecule has 0 aliphatic heterocycles. The Balaban J connectivity index is 2.43. The largest absolute Gasteiger partial charge is 0.310 e.